The maximum absolute atomic E-state index is 14.5. The van der Waals surface area contributed by atoms with E-state index in [4.69, 9.17) is 4.74 Å². The number of nitrogens with one attached hydrogen (secondary N) is 1. The molecule has 4 nitrogen and oxygen atoms in total. The van der Waals surface area contributed by atoms with Gasteiger partial charge in [-0.25, -0.2) is 4.39 Å². The number of hydrogen-bond acceptors (Lipinski definition) is 3. The van der Waals surface area contributed by atoms with E-state index in [1.807, 2.05) is 50.5 Å². The summed E-state index contributed by atoms with van der Waals surface area (Å²) in [5.41, 5.74) is 1.40. The van der Waals surface area contributed by atoms with Crippen molar-refractivity contribution >= 4 is 5.91 Å². The van der Waals surface area contributed by atoms with Gasteiger partial charge in [-0.1, -0.05) is 48.5 Å². The number of nitrogens with zero attached hydrogens (tertiary/aromatic N) is 1. The first kappa shape index (κ1) is 20.5. The van der Waals surface area contributed by atoms with Gasteiger partial charge in [0.2, 0.25) is 5.91 Å². The van der Waals surface area contributed by atoms with E-state index in [-0.39, 0.29) is 29.6 Å². The average Bonchev–Trinajstić information content (AvgIpc) is 2.72. The van der Waals surface area contributed by atoms with Crippen LogP contribution in [0.3, 0.4) is 0 Å². The summed E-state index contributed by atoms with van der Waals surface area (Å²) < 4.78 is 20.0. The number of carbonyl (C=O) groups excluding carboxylic acids is 1. The normalized spacial score (nSPS) is 17.3. The summed E-state index contributed by atoms with van der Waals surface area (Å²) in [6.45, 7) is 1.98. The van der Waals surface area contributed by atoms with Crippen LogP contribution >= 0.6 is 0 Å². The Morgan fingerprint density at radius 1 is 1.11 bits per heavy atom. The van der Waals surface area contributed by atoms with Crippen LogP contribution in [-0.4, -0.2) is 50.2 Å². The summed E-state index contributed by atoms with van der Waals surface area (Å²) in [7, 11) is 4.09. The molecule has 0 spiro atoms. The Kier molecular flexibility index (Phi) is 6.81. The molecule has 0 aliphatic carbocycles. The first-order chi connectivity index (χ1) is 13.5. The molecule has 0 saturated carbocycles. The Morgan fingerprint density at radius 2 is 1.75 bits per heavy atom. The minimum Gasteiger partial charge on any atom is -0.381 e. The highest BCUT2D eigenvalue weighted by Gasteiger charge is 2.35. The quantitative estimate of drug-likeness (QED) is 0.793. The van der Waals surface area contributed by atoms with Gasteiger partial charge >= 0.3 is 0 Å². The van der Waals surface area contributed by atoms with Crippen LogP contribution in [0.4, 0.5) is 4.39 Å². The van der Waals surface area contributed by atoms with Crippen molar-refractivity contribution < 1.29 is 13.9 Å². The highest BCUT2D eigenvalue weighted by atomic mass is 19.1. The van der Waals surface area contributed by atoms with Gasteiger partial charge in [-0.15, -0.1) is 0 Å². The number of ether oxygens (including phenoxy) is 1. The van der Waals surface area contributed by atoms with Gasteiger partial charge < -0.3 is 15.0 Å². The zero-order chi connectivity index (χ0) is 20.0. The molecule has 5 heteroatoms. The fourth-order valence-corrected chi connectivity index (χ4v) is 3.90. The Hall–Kier alpha value is -2.24. The Bertz CT molecular complexity index is 773. The molecule has 1 heterocycles. The SMILES string of the molecule is CN(C)C1(CNC(=O)CC(c2ccccc2)c2ccccc2F)CCOCC1. The van der Waals surface area contributed by atoms with Crippen molar-refractivity contribution in [3.8, 4) is 0 Å². The van der Waals surface area contributed by atoms with Crippen LogP contribution in [0.15, 0.2) is 54.6 Å². The first-order valence-corrected chi connectivity index (χ1v) is 9.83. The van der Waals surface area contributed by atoms with Crippen LogP contribution in [0.5, 0.6) is 0 Å². The minimum atomic E-state index is -0.313. The lowest BCUT2D eigenvalue weighted by Crippen LogP contribution is -2.55. The maximum atomic E-state index is 14.5. The van der Waals surface area contributed by atoms with E-state index in [2.05, 4.69) is 10.2 Å². The second-order valence-corrected chi connectivity index (χ2v) is 7.70. The highest BCUT2D eigenvalue weighted by Crippen LogP contribution is 2.30. The first-order valence-electron chi connectivity index (χ1n) is 9.83. The lowest BCUT2D eigenvalue weighted by atomic mass is 9.87. The monoisotopic (exact) mass is 384 g/mol. The van der Waals surface area contributed by atoms with Crippen LogP contribution in [0.2, 0.25) is 0 Å². The summed E-state index contributed by atoms with van der Waals surface area (Å²) in [4.78, 5) is 15.0. The van der Waals surface area contributed by atoms with Crippen LogP contribution in [0.1, 0.15) is 36.3 Å². The second kappa shape index (κ2) is 9.30. The summed E-state index contributed by atoms with van der Waals surface area (Å²) >= 11 is 0. The van der Waals surface area contributed by atoms with Crippen molar-refractivity contribution in [3.63, 3.8) is 0 Å². The molecular formula is C23H29FN2O2. The molecule has 1 fully saturated rings. The molecule has 1 amide bonds. The Morgan fingerprint density at radius 3 is 2.39 bits per heavy atom. The maximum Gasteiger partial charge on any atom is 0.221 e. The molecule has 1 unspecified atom stereocenters. The van der Waals surface area contributed by atoms with E-state index in [0.29, 0.717) is 25.3 Å². The van der Waals surface area contributed by atoms with Crippen molar-refractivity contribution in [1.82, 2.24) is 10.2 Å². The zero-order valence-electron chi connectivity index (χ0n) is 16.7. The molecule has 1 saturated heterocycles. The summed E-state index contributed by atoms with van der Waals surface area (Å²) in [5.74, 6) is -0.657. The van der Waals surface area contributed by atoms with E-state index in [1.54, 1.807) is 12.1 Å². The molecular weight excluding hydrogens is 355 g/mol. The third kappa shape index (κ3) is 4.78. The predicted octanol–water partition coefficient (Wildman–Crippen LogP) is 3.57. The fraction of sp³-hybridized carbons (Fsp3) is 0.435. The summed E-state index contributed by atoms with van der Waals surface area (Å²) in [6, 6.07) is 16.4. The molecule has 150 valence electrons. The van der Waals surface area contributed by atoms with Gasteiger partial charge in [0.1, 0.15) is 5.82 Å². The smallest absolute Gasteiger partial charge is 0.221 e. The number of carbonyl (C=O) groups is 1. The van der Waals surface area contributed by atoms with Crippen LogP contribution in [0, 0.1) is 5.82 Å². The molecule has 0 aromatic heterocycles. The standard InChI is InChI=1S/C23H29FN2O2/c1-26(2)23(12-14-28-15-13-23)17-25-22(27)16-20(18-8-4-3-5-9-18)19-10-6-7-11-21(19)24/h3-11,20H,12-17H2,1-2H3,(H,25,27). The van der Waals surface area contributed by atoms with Crippen molar-refractivity contribution in [2.75, 3.05) is 33.9 Å². The van der Waals surface area contributed by atoms with E-state index >= 15 is 0 Å². The number of benzene rings is 2. The van der Waals surface area contributed by atoms with Gasteiger partial charge in [-0.2, -0.15) is 0 Å². The van der Waals surface area contributed by atoms with E-state index < -0.39 is 0 Å². The predicted molar refractivity (Wildman–Crippen MR) is 109 cm³/mol. The van der Waals surface area contributed by atoms with E-state index in [1.165, 1.54) is 6.07 Å². The van der Waals surface area contributed by atoms with Gasteiger partial charge in [0.25, 0.3) is 0 Å². The van der Waals surface area contributed by atoms with Crippen molar-refractivity contribution in [3.05, 3.63) is 71.5 Å². The Balaban J connectivity index is 1.74. The second-order valence-electron chi connectivity index (χ2n) is 7.70. The lowest BCUT2D eigenvalue weighted by molar-refractivity contribution is -0.122. The van der Waals surface area contributed by atoms with Crippen molar-refractivity contribution in [1.29, 1.82) is 0 Å². The fourth-order valence-electron chi connectivity index (χ4n) is 3.90. The number of hydrogen-bond donors (Lipinski definition) is 1. The highest BCUT2D eigenvalue weighted by molar-refractivity contribution is 5.77. The molecule has 3 rings (SSSR count). The van der Waals surface area contributed by atoms with Crippen molar-refractivity contribution in [2.24, 2.45) is 0 Å². The molecule has 2 aromatic rings. The molecule has 28 heavy (non-hydrogen) atoms. The number of rotatable bonds is 7. The molecule has 2 aromatic carbocycles. The lowest BCUT2D eigenvalue weighted by Gasteiger charge is -2.43. The third-order valence-electron chi connectivity index (χ3n) is 5.86. The van der Waals surface area contributed by atoms with Gasteiger partial charge in [-0.05, 0) is 44.1 Å². The van der Waals surface area contributed by atoms with E-state index in [9.17, 15) is 9.18 Å². The Labute approximate surface area is 166 Å². The molecule has 0 bridgehead atoms. The molecule has 1 N–H and O–H groups in total. The van der Waals surface area contributed by atoms with Gasteiger partial charge in [0, 0.05) is 37.6 Å². The molecule has 1 aliphatic heterocycles. The zero-order valence-corrected chi connectivity index (χ0v) is 16.7. The molecule has 0 radical (unpaired) electrons. The minimum absolute atomic E-state index is 0.0650. The van der Waals surface area contributed by atoms with Crippen LogP contribution < -0.4 is 5.32 Å². The van der Waals surface area contributed by atoms with Crippen LogP contribution in [-0.2, 0) is 9.53 Å². The third-order valence-corrected chi connectivity index (χ3v) is 5.86. The summed E-state index contributed by atoms with van der Waals surface area (Å²) in [5, 5.41) is 3.11. The topological polar surface area (TPSA) is 41.6 Å². The van der Waals surface area contributed by atoms with Crippen molar-refractivity contribution in [2.45, 2.75) is 30.7 Å². The summed E-state index contributed by atoms with van der Waals surface area (Å²) in [6.07, 6.45) is 1.98. The number of amides is 1. The van der Waals surface area contributed by atoms with Crippen LogP contribution in [0.25, 0.3) is 0 Å². The number of likely N-dealkylation sites (N-methyl/N-ethyl adjacent to an activating group) is 1. The largest absolute Gasteiger partial charge is 0.381 e. The molecule has 1 aliphatic rings. The van der Waals surface area contributed by atoms with Gasteiger partial charge in [-0.3, -0.25) is 4.79 Å². The van der Waals surface area contributed by atoms with Gasteiger partial charge in [0.05, 0.1) is 0 Å². The number of halogens is 1. The van der Waals surface area contributed by atoms with E-state index in [0.717, 1.165) is 18.4 Å². The van der Waals surface area contributed by atoms with Gasteiger partial charge in [0.15, 0.2) is 0 Å². The average molecular weight is 384 g/mol. The molecule has 1 atom stereocenters.